The van der Waals surface area contributed by atoms with Gasteiger partial charge >= 0.3 is 0 Å². The molecule has 0 fully saturated rings. The fourth-order valence-electron chi connectivity index (χ4n) is 3.47. The topological polar surface area (TPSA) is 47.8 Å². The lowest BCUT2D eigenvalue weighted by atomic mass is 9.94. The molecule has 0 spiro atoms. The lowest BCUT2D eigenvalue weighted by molar-refractivity contribution is 0.131. The van der Waals surface area contributed by atoms with Crippen molar-refractivity contribution in [2.75, 3.05) is 0 Å². The fraction of sp³-hybridized carbons (Fsp3) is 0.318. The highest BCUT2D eigenvalue weighted by molar-refractivity contribution is 5.79. The van der Waals surface area contributed by atoms with Crippen LogP contribution in [0.5, 0.6) is 0 Å². The smallest absolute Gasteiger partial charge is 0.261 e. The van der Waals surface area contributed by atoms with Gasteiger partial charge in [-0.25, -0.2) is 14.4 Å². The highest BCUT2D eigenvalue weighted by atomic mass is 19.1. The molecule has 1 aromatic carbocycles. The molecule has 0 saturated carbocycles. The van der Waals surface area contributed by atoms with Crippen LogP contribution in [0.3, 0.4) is 0 Å². The van der Waals surface area contributed by atoms with Crippen molar-refractivity contribution in [3.8, 4) is 11.8 Å². The van der Waals surface area contributed by atoms with E-state index in [0.29, 0.717) is 54.6 Å². The Morgan fingerprint density at radius 2 is 2.11 bits per heavy atom. The van der Waals surface area contributed by atoms with E-state index in [9.17, 15) is 9.18 Å². The Bertz CT molecular complexity index is 1110. The van der Waals surface area contributed by atoms with Crippen molar-refractivity contribution in [1.82, 2.24) is 14.5 Å². The Morgan fingerprint density at radius 3 is 2.89 bits per heavy atom. The van der Waals surface area contributed by atoms with E-state index in [1.54, 1.807) is 16.8 Å². The van der Waals surface area contributed by atoms with Crippen molar-refractivity contribution in [2.24, 2.45) is 0 Å². The number of alkyl halides is 1. The second-order valence-corrected chi connectivity index (χ2v) is 6.94. The lowest BCUT2D eigenvalue weighted by Crippen LogP contribution is -2.26. The van der Waals surface area contributed by atoms with Gasteiger partial charge in [-0.2, -0.15) is 0 Å². The van der Waals surface area contributed by atoms with Gasteiger partial charge in [0.1, 0.15) is 17.2 Å². The fourth-order valence-corrected chi connectivity index (χ4v) is 3.47. The minimum atomic E-state index is -1.22. The molecular formula is C22H20FN3O. The van der Waals surface area contributed by atoms with Gasteiger partial charge in [0.2, 0.25) is 0 Å². The van der Waals surface area contributed by atoms with Gasteiger partial charge in [-0.1, -0.05) is 18.9 Å². The third-order valence-corrected chi connectivity index (χ3v) is 5.25. The Labute approximate surface area is 157 Å². The Kier molecular flexibility index (Phi) is 4.49. The summed E-state index contributed by atoms with van der Waals surface area (Å²) in [6.07, 6.45) is 3.39. The number of fused-ring (bicyclic) bond motifs is 2. The maximum atomic E-state index is 14.8. The highest BCUT2D eigenvalue weighted by Crippen LogP contribution is 2.30. The van der Waals surface area contributed by atoms with Crippen LogP contribution < -0.4 is 5.56 Å². The molecule has 27 heavy (non-hydrogen) atoms. The molecule has 0 saturated heterocycles. The number of hydrogen-bond donors (Lipinski definition) is 0. The predicted octanol–water partition coefficient (Wildman–Crippen LogP) is 3.65. The summed E-state index contributed by atoms with van der Waals surface area (Å²) in [5, 5.41) is 0.546. The van der Waals surface area contributed by atoms with E-state index in [0.717, 1.165) is 5.56 Å². The zero-order valence-electron chi connectivity index (χ0n) is 15.2. The van der Waals surface area contributed by atoms with Crippen LogP contribution in [-0.4, -0.2) is 20.2 Å². The molecule has 1 aliphatic heterocycles. The summed E-state index contributed by atoms with van der Waals surface area (Å²) in [5.74, 6) is 6.74. The SMILES string of the molecule is CCC1(F)CCc2nc3cc(C#Cc4ccccn4)ccc3c(=O)n2CC1. The lowest BCUT2D eigenvalue weighted by Gasteiger charge is -2.20. The summed E-state index contributed by atoms with van der Waals surface area (Å²) >= 11 is 0. The monoisotopic (exact) mass is 361 g/mol. The van der Waals surface area contributed by atoms with E-state index in [1.807, 2.05) is 37.3 Å². The second-order valence-electron chi connectivity index (χ2n) is 6.94. The van der Waals surface area contributed by atoms with E-state index in [1.165, 1.54) is 0 Å². The maximum absolute atomic E-state index is 14.8. The quantitative estimate of drug-likeness (QED) is 0.622. The average Bonchev–Trinajstić information content (AvgIpc) is 2.87. The van der Waals surface area contributed by atoms with Crippen molar-refractivity contribution < 1.29 is 4.39 Å². The molecule has 4 nitrogen and oxygen atoms in total. The van der Waals surface area contributed by atoms with Gasteiger partial charge in [0.15, 0.2) is 0 Å². The largest absolute Gasteiger partial charge is 0.296 e. The number of hydrogen-bond acceptors (Lipinski definition) is 3. The number of halogens is 1. The Balaban J connectivity index is 1.74. The maximum Gasteiger partial charge on any atom is 0.261 e. The molecule has 0 aliphatic carbocycles. The van der Waals surface area contributed by atoms with Gasteiger partial charge in [-0.3, -0.25) is 9.36 Å². The first-order chi connectivity index (χ1) is 13.1. The predicted molar refractivity (Wildman–Crippen MR) is 103 cm³/mol. The van der Waals surface area contributed by atoms with Gasteiger partial charge in [-0.05, 0) is 55.5 Å². The molecular weight excluding hydrogens is 341 g/mol. The van der Waals surface area contributed by atoms with E-state index < -0.39 is 5.67 Å². The molecule has 1 aliphatic rings. The number of aromatic nitrogens is 3. The number of rotatable bonds is 1. The van der Waals surface area contributed by atoms with Crippen LogP contribution >= 0.6 is 0 Å². The summed E-state index contributed by atoms with van der Waals surface area (Å²) in [4.78, 5) is 21.7. The van der Waals surface area contributed by atoms with Gasteiger partial charge in [0.25, 0.3) is 5.56 Å². The first-order valence-electron chi connectivity index (χ1n) is 9.23. The molecule has 2 aromatic heterocycles. The molecule has 4 rings (SSSR count). The van der Waals surface area contributed by atoms with Crippen molar-refractivity contribution in [3.63, 3.8) is 0 Å². The average molecular weight is 361 g/mol. The van der Waals surface area contributed by atoms with Gasteiger partial charge in [0, 0.05) is 24.7 Å². The zero-order chi connectivity index (χ0) is 18.9. The molecule has 3 aromatic rings. The van der Waals surface area contributed by atoms with Gasteiger partial charge in [-0.15, -0.1) is 0 Å². The summed E-state index contributed by atoms with van der Waals surface area (Å²) in [6.45, 7) is 2.23. The molecule has 3 heterocycles. The molecule has 5 heteroatoms. The first-order valence-corrected chi connectivity index (χ1v) is 9.23. The van der Waals surface area contributed by atoms with Gasteiger partial charge in [0.05, 0.1) is 10.9 Å². The molecule has 0 N–H and O–H groups in total. The minimum absolute atomic E-state index is 0.0976. The van der Waals surface area contributed by atoms with Crippen LogP contribution in [0, 0.1) is 11.8 Å². The van der Waals surface area contributed by atoms with Gasteiger partial charge < -0.3 is 0 Å². The van der Waals surface area contributed by atoms with E-state index in [-0.39, 0.29) is 5.56 Å². The minimum Gasteiger partial charge on any atom is -0.296 e. The summed E-state index contributed by atoms with van der Waals surface area (Å²) in [7, 11) is 0. The van der Waals surface area contributed by atoms with Crippen molar-refractivity contribution in [1.29, 1.82) is 0 Å². The van der Waals surface area contributed by atoms with E-state index >= 15 is 0 Å². The van der Waals surface area contributed by atoms with Crippen LogP contribution in [-0.2, 0) is 13.0 Å². The first kappa shape index (κ1) is 17.4. The summed E-state index contributed by atoms with van der Waals surface area (Å²) in [5.41, 5.74) is 0.756. The number of pyridine rings is 1. The van der Waals surface area contributed by atoms with Crippen LogP contribution in [0.25, 0.3) is 10.9 Å². The molecule has 0 radical (unpaired) electrons. The van der Waals surface area contributed by atoms with Crippen LogP contribution in [0.15, 0.2) is 47.4 Å². The molecule has 1 atom stereocenters. The number of nitrogens with zero attached hydrogens (tertiary/aromatic N) is 3. The standard InChI is InChI=1S/C22H20FN3O/c1-2-22(23)11-10-20-25-19-15-16(6-8-17-5-3-4-13-24-17)7-9-18(19)21(27)26(20)14-12-22/h3-5,7,9,13,15H,2,10-12,14H2,1H3. The molecule has 0 amide bonds. The second kappa shape index (κ2) is 6.96. The van der Waals surface area contributed by atoms with Crippen molar-refractivity contribution in [2.45, 2.75) is 44.8 Å². The van der Waals surface area contributed by atoms with Crippen LogP contribution in [0.1, 0.15) is 43.3 Å². The van der Waals surface area contributed by atoms with Crippen LogP contribution in [0.2, 0.25) is 0 Å². The molecule has 1 unspecified atom stereocenters. The van der Waals surface area contributed by atoms with Crippen molar-refractivity contribution in [3.05, 3.63) is 70.0 Å². The highest BCUT2D eigenvalue weighted by Gasteiger charge is 2.31. The summed E-state index contributed by atoms with van der Waals surface area (Å²) < 4.78 is 16.4. The van der Waals surface area contributed by atoms with E-state index in [4.69, 9.17) is 0 Å². The van der Waals surface area contributed by atoms with Crippen LogP contribution in [0.4, 0.5) is 4.39 Å². The Hall–Kier alpha value is -3.00. The molecule has 136 valence electrons. The molecule has 0 bridgehead atoms. The number of benzene rings is 1. The van der Waals surface area contributed by atoms with E-state index in [2.05, 4.69) is 21.8 Å². The third-order valence-electron chi connectivity index (χ3n) is 5.25. The van der Waals surface area contributed by atoms with Crippen molar-refractivity contribution >= 4 is 10.9 Å². The normalized spacial score (nSPS) is 19.0. The Morgan fingerprint density at radius 1 is 1.22 bits per heavy atom. The number of aryl methyl sites for hydroxylation is 1. The summed E-state index contributed by atoms with van der Waals surface area (Å²) in [6, 6.07) is 11.0. The zero-order valence-corrected chi connectivity index (χ0v) is 15.2. The third kappa shape index (κ3) is 3.48.